The van der Waals surface area contributed by atoms with E-state index in [4.69, 9.17) is 5.73 Å². The van der Waals surface area contributed by atoms with Crippen LogP contribution in [0.3, 0.4) is 0 Å². The maximum Gasteiger partial charge on any atom is 0.224 e. The first-order valence-corrected chi connectivity index (χ1v) is 7.86. The topological polar surface area (TPSA) is 58.4 Å². The van der Waals surface area contributed by atoms with E-state index in [-0.39, 0.29) is 11.8 Å². The summed E-state index contributed by atoms with van der Waals surface area (Å²) in [4.78, 5) is 14.9. The second-order valence-corrected chi connectivity index (χ2v) is 6.57. The first-order chi connectivity index (χ1) is 9.11. The van der Waals surface area contributed by atoms with Crippen molar-refractivity contribution in [1.82, 2.24) is 10.2 Å². The fourth-order valence-electron chi connectivity index (χ4n) is 3.60. The quantitative estimate of drug-likeness (QED) is 0.790. The van der Waals surface area contributed by atoms with Crippen LogP contribution in [0.5, 0.6) is 0 Å². The molecule has 4 nitrogen and oxygen atoms in total. The Hall–Kier alpha value is -0.610. The molecule has 3 unspecified atom stereocenters. The molecule has 0 aliphatic carbocycles. The number of nitrogens with zero attached hydrogens (tertiary/aromatic N) is 1. The van der Waals surface area contributed by atoms with E-state index in [1.54, 1.807) is 0 Å². The number of rotatable bonds is 5. The molecule has 1 amide bonds. The van der Waals surface area contributed by atoms with E-state index < -0.39 is 0 Å². The number of hydrogen-bond donors (Lipinski definition) is 2. The van der Waals surface area contributed by atoms with Crippen LogP contribution in [-0.2, 0) is 4.79 Å². The van der Waals surface area contributed by atoms with E-state index in [9.17, 15) is 4.79 Å². The summed E-state index contributed by atoms with van der Waals surface area (Å²) in [6.45, 7) is 7.12. The van der Waals surface area contributed by atoms with Gasteiger partial charge in [-0.25, -0.2) is 0 Å². The first-order valence-electron chi connectivity index (χ1n) is 7.86. The molecule has 2 fully saturated rings. The van der Waals surface area contributed by atoms with E-state index in [0.717, 1.165) is 19.4 Å². The van der Waals surface area contributed by atoms with Gasteiger partial charge in [0, 0.05) is 25.2 Å². The molecule has 2 aliphatic heterocycles. The largest absolute Gasteiger partial charge is 0.351 e. The highest BCUT2D eigenvalue weighted by Gasteiger charge is 2.36. The average molecular weight is 267 g/mol. The Morgan fingerprint density at radius 1 is 1.32 bits per heavy atom. The first kappa shape index (κ1) is 14.8. The highest BCUT2D eigenvalue weighted by molar-refractivity contribution is 5.79. The maximum atomic E-state index is 12.3. The lowest BCUT2D eigenvalue weighted by molar-refractivity contribution is -0.126. The third-order valence-corrected chi connectivity index (χ3v) is 4.59. The third kappa shape index (κ3) is 3.69. The summed E-state index contributed by atoms with van der Waals surface area (Å²) < 4.78 is 0. The second-order valence-electron chi connectivity index (χ2n) is 6.57. The fraction of sp³-hybridized carbons (Fsp3) is 0.933. The minimum absolute atomic E-state index is 0.0161. The Balaban J connectivity index is 1.87. The number of nitrogens with two attached hydrogens (primary N) is 1. The lowest BCUT2D eigenvalue weighted by Gasteiger charge is -2.33. The number of piperidine rings is 1. The van der Waals surface area contributed by atoms with Crippen molar-refractivity contribution in [3.8, 4) is 0 Å². The number of hydrogen-bond acceptors (Lipinski definition) is 3. The van der Waals surface area contributed by atoms with Crippen molar-refractivity contribution >= 4 is 5.91 Å². The van der Waals surface area contributed by atoms with E-state index in [1.165, 1.54) is 25.8 Å². The van der Waals surface area contributed by atoms with E-state index in [2.05, 4.69) is 24.1 Å². The molecule has 0 saturated carbocycles. The molecular formula is C15H29N3O. The minimum Gasteiger partial charge on any atom is -0.351 e. The number of amides is 1. The van der Waals surface area contributed by atoms with Crippen molar-refractivity contribution in [1.29, 1.82) is 0 Å². The third-order valence-electron chi connectivity index (χ3n) is 4.59. The van der Waals surface area contributed by atoms with Gasteiger partial charge in [0.25, 0.3) is 0 Å². The van der Waals surface area contributed by atoms with Crippen LogP contribution in [0.2, 0.25) is 0 Å². The summed E-state index contributed by atoms with van der Waals surface area (Å²) in [5.41, 5.74) is 5.76. The van der Waals surface area contributed by atoms with Gasteiger partial charge in [-0.3, -0.25) is 9.69 Å². The molecule has 110 valence electrons. The second kappa shape index (κ2) is 6.71. The standard InChI is InChI=1S/C15H29N3O/c1-11(2)9-12(10-16)15(19)17-13-6-8-18-7-4-3-5-14(13)18/h11-14H,3-10,16H2,1-2H3,(H,17,19). The highest BCUT2D eigenvalue weighted by atomic mass is 16.2. The molecular weight excluding hydrogens is 238 g/mol. The summed E-state index contributed by atoms with van der Waals surface area (Å²) >= 11 is 0. The number of nitrogens with one attached hydrogen (secondary N) is 1. The van der Waals surface area contributed by atoms with Crippen LogP contribution in [0.15, 0.2) is 0 Å². The molecule has 4 heteroatoms. The van der Waals surface area contributed by atoms with E-state index in [1.807, 2.05) is 0 Å². The average Bonchev–Trinajstić information content (AvgIpc) is 2.79. The van der Waals surface area contributed by atoms with Gasteiger partial charge in [0.05, 0.1) is 5.92 Å². The zero-order valence-corrected chi connectivity index (χ0v) is 12.4. The Bertz CT molecular complexity index is 306. The molecule has 0 aromatic rings. The van der Waals surface area contributed by atoms with Crippen LogP contribution in [0.4, 0.5) is 0 Å². The summed E-state index contributed by atoms with van der Waals surface area (Å²) in [6, 6.07) is 0.934. The van der Waals surface area contributed by atoms with Gasteiger partial charge in [0.2, 0.25) is 5.91 Å². The van der Waals surface area contributed by atoms with Crippen LogP contribution in [0.1, 0.15) is 46.0 Å². The van der Waals surface area contributed by atoms with Crippen molar-refractivity contribution in [2.75, 3.05) is 19.6 Å². The van der Waals surface area contributed by atoms with Gasteiger partial charge in [0.1, 0.15) is 0 Å². The smallest absolute Gasteiger partial charge is 0.224 e. The molecule has 0 radical (unpaired) electrons. The van der Waals surface area contributed by atoms with Crippen LogP contribution < -0.4 is 11.1 Å². The minimum atomic E-state index is -0.0161. The summed E-state index contributed by atoms with van der Waals surface area (Å²) in [6.07, 6.45) is 5.86. The van der Waals surface area contributed by atoms with Gasteiger partial charge in [0.15, 0.2) is 0 Å². The van der Waals surface area contributed by atoms with Gasteiger partial charge in [-0.1, -0.05) is 20.3 Å². The van der Waals surface area contributed by atoms with Crippen molar-refractivity contribution in [2.24, 2.45) is 17.6 Å². The summed E-state index contributed by atoms with van der Waals surface area (Å²) in [5.74, 6) is 0.681. The Morgan fingerprint density at radius 2 is 2.11 bits per heavy atom. The Kier molecular flexibility index (Phi) is 5.22. The molecule has 2 saturated heterocycles. The van der Waals surface area contributed by atoms with Crippen molar-refractivity contribution < 1.29 is 4.79 Å². The van der Waals surface area contributed by atoms with Crippen molar-refractivity contribution in [3.63, 3.8) is 0 Å². The zero-order chi connectivity index (χ0) is 13.8. The van der Waals surface area contributed by atoms with Crippen LogP contribution in [0.25, 0.3) is 0 Å². The molecule has 3 atom stereocenters. The molecule has 2 aliphatic rings. The molecule has 0 spiro atoms. The van der Waals surface area contributed by atoms with Gasteiger partial charge in [-0.2, -0.15) is 0 Å². The number of fused-ring (bicyclic) bond motifs is 1. The Labute approximate surface area is 117 Å². The van der Waals surface area contributed by atoms with Gasteiger partial charge < -0.3 is 11.1 Å². The number of carbonyl (C=O) groups is 1. The lowest BCUT2D eigenvalue weighted by atomic mass is 9.94. The molecule has 0 aromatic carbocycles. The monoisotopic (exact) mass is 267 g/mol. The zero-order valence-electron chi connectivity index (χ0n) is 12.4. The molecule has 2 rings (SSSR count). The van der Waals surface area contributed by atoms with Crippen molar-refractivity contribution in [2.45, 2.75) is 58.0 Å². The molecule has 0 bridgehead atoms. The highest BCUT2D eigenvalue weighted by Crippen LogP contribution is 2.27. The molecule has 3 N–H and O–H groups in total. The molecule has 0 aromatic heterocycles. The lowest BCUT2D eigenvalue weighted by Crippen LogP contribution is -2.49. The number of carbonyl (C=O) groups excluding carboxylic acids is 1. The van der Waals surface area contributed by atoms with Crippen LogP contribution >= 0.6 is 0 Å². The van der Waals surface area contributed by atoms with Gasteiger partial charge in [-0.05, 0) is 38.1 Å². The molecule has 2 heterocycles. The predicted molar refractivity (Wildman–Crippen MR) is 77.8 cm³/mol. The SMILES string of the molecule is CC(C)CC(CN)C(=O)NC1CCN2CCCCC12. The van der Waals surface area contributed by atoms with Gasteiger partial charge >= 0.3 is 0 Å². The summed E-state index contributed by atoms with van der Waals surface area (Å²) in [5, 5.41) is 3.27. The van der Waals surface area contributed by atoms with E-state index in [0.29, 0.717) is 24.5 Å². The maximum absolute atomic E-state index is 12.3. The van der Waals surface area contributed by atoms with Crippen LogP contribution in [0, 0.1) is 11.8 Å². The molecule has 19 heavy (non-hydrogen) atoms. The van der Waals surface area contributed by atoms with Crippen molar-refractivity contribution in [3.05, 3.63) is 0 Å². The van der Waals surface area contributed by atoms with Crippen LogP contribution in [-0.4, -0.2) is 42.5 Å². The fourth-order valence-corrected chi connectivity index (χ4v) is 3.60. The van der Waals surface area contributed by atoms with Gasteiger partial charge in [-0.15, -0.1) is 0 Å². The normalized spacial score (nSPS) is 29.3. The predicted octanol–water partition coefficient (Wildman–Crippen LogP) is 1.35. The Morgan fingerprint density at radius 3 is 2.79 bits per heavy atom. The van der Waals surface area contributed by atoms with E-state index >= 15 is 0 Å². The summed E-state index contributed by atoms with van der Waals surface area (Å²) in [7, 11) is 0.